The van der Waals surface area contributed by atoms with Crippen LogP contribution in [-0.4, -0.2) is 58.0 Å². The second-order valence-corrected chi connectivity index (χ2v) is 11.2. The SMILES string of the molecule is COC(=O)[C@H](c1ccccc1)[C@@H]1CCCCN1.O=C(O)c1cc2ccccc2c(Cc2c(O)c(C(=O)O)cc3ccccc23)c1O. The minimum atomic E-state index is -1.28. The number of carboxylic acids is 2. The van der Waals surface area contributed by atoms with E-state index in [9.17, 15) is 34.8 Å². The highest BCUT2D eigenvalue weighted by Gasteiger charge is 2.31. The maximum absolute atomic E-state index is 11.9. The van der Waals surface area contributed by atoms with Crippen LogP contribution in [0.15, 0.2) is 91.0 Å². The maximum atomic E-state index is 11.9. The molecule has 5 aromatic rings. The molecule has 0 radical (unpaired) electrons. The molecule has 0 saturated carbocycles. The Morgan fingerprint density at radius 1 is 0.761 bits per heavy atom. The minimum absolute atomic E-state index is 0.0407. The average Bonchev–Trinajstić information content (AvgIpc) is 3.07. The number of rotatable bonds is 7. The summed E-state index contributed by atoms with van der Waals surface area (Å²) in [5.74, 6) is -3.68. The molecule has 1 heterocycles. The van der Waals surface area contributed by atoms with E-state index in [1.165, 1.54) is 32.1 Å². The molecule has 0 spiro atoms. The number of aromatic carboxylic acids is 2. The first-order valence-electron chi connectivity index (χ1n) is 15.0. The fraction of sp³-hybridized carbons (Fsp3) is 0.216. The van der Waals surface area contributed by atoms with Gasteiger partial charge in [0.15, 0.2) is 0 Å². The third-order valence-corrected chi connectivity index (χ3v) is 8.43. The number of ether oxygens (including phenoxy) is 1. The Balaban J connectivity index is 0.000000209. The first-order chi connectivity index (χ1) is 22.2. The van der Waals surface area contributed by atoms with Crippen LogP contribution in [0.5, 0.6) is 11.5 Å². The number of aromatic hydroxyl groups is 2. The summed E-state index contributed by atoms with van der Waals surface area (Å²) in [6, 6.07) is 26.9. The topological polar surface area (TPSA) is 153 Å². The fourth-order valence-electron chi connectivity index (χ4n) is 6.17. The standard InChI is InChI=1S/C23H16O6.C14H19NO2/c24-20-16(14-7-3-1-5-12(14)9-18(20)22(26)27)11-17-15-8-4-2-6-13(15)10-19(21(17)25)23(28)29;1-17-14(16)13(11-7-3-2-4-8-11)12-9-5-6-10-15-12/h1-10,24-25H,11H2,(H,26,27)(H,28,29);2-4,7-8,12-13,15H,5-6,9-10H2,1H3/t;12-,13+/m.0/s1. The average molecular weight is 622 g/mol. The van der Waals surface area contributed by atoms with E-state index in [2.05, 4.69) is 5.32 Å². The molecule has 46 heavy (non-hydrogen) atoms. The molecule has 236 valence electrons. The summed E-state index contributed by atoms with van der Waals surface area (Å²) in [4.78, 5) is 35.2. The van der Waals surface area contributed by atoms with Crippen LogP contribution < -0.4 is 5.32 Å². The number of phenols is 2. The Hall–Kier alpha value is -5.41. The molecule has 6 rings (SSSR count). The molecule has 0 aliphatic carbocycles. The van der Waals surface area contributed by atoms with Crippen LogP contribution in [0.25, 0.3) is 21.5 Å². The molecule has 1 aliphatic rings. The van der Waals surface area contributed by atoms with Crippen molar-refractivity contribution >= 4 is 39.5 Å². The molecule has 0 bridgehead atoms. The number of methoxy groups -OCH3 is 1. The van der Waals surface area contributed by atoms with Gasteiger partial charge >= 0.3 is 17.9 Å². The van der Waals surface area contributed by atoms with Crippen molar-refractivity contribution in [2.45, 2.75) is 37.6 Å². The second-order valence-electron chi connectivity index (χ2n) is 11.2. The van der Waals surface area contributed by atoms with Gasteiger partial charge in [-0.3, -0.25) is 4.79 Å². The van der Waals surface area contributed by atoms with E-state index in [1.807, 2.05) is 30.3 Å². The lowest BCUT2D eigenvalue weighted by molar-refractivity contribution is -0.143. The highest BCUT2D eigenvalue weighted by atomic mass is 16.5. The van der Waals surface area contributed by atoms with Gasteiger partial charge in [0, 0.05) is 23.6 Å². The fourth-order valence-corrected chi connectivity index (χ4v) is 6.17. The summed E-state index contributed by atoms with van der Waals surface area (Å²) in [6.45, 7) is 0.991. The Labute approximate surface area is 265 Å². The molecule has 9 heteroatoms. The summed E-state index contributed by atoms with van der Waals surface area (Å²) < 4.78 is 4.94. The number of carboxylic acid groups (broad SMARTS) is 2. The molecule has 0 amide bonds. The molecule has 1 aliphatic heterocycles. The Bertz CT molecular complexity index is 1800. The van der Waals surface area contributed by atoms with Crippen molar-refractivity contribution in [2.75, 3.05) is 13.7 Å². The third-order valence-electron chi connectivity index (χ3n) is 8.43. The van der Waals surface area contributed by atoms with Gasteiger partial charge in [0.2, 0.25) is 0 Å². The number of hydrogen-bond acceptors (Lipinski definition) is 7. The lowest BCUT2D eigenvalue weighted by Gasteiger charge is -2.29. The van der Waals surface area contributed by atoms with Crippen molar-refractivity contribution in [2.24, 2.45) is 0 Å². The zero-order valence-corrected chi connectivity index (χ0v) is 25.3. The van der Waals surface area contributed by atoms with Gasteiger partial charge in [-0.15, -0.1) is 0 Å². The number of carbonyl (C=O) groups is 3. The first-order valence-corrected chi connectivity index (χ1v) is 15.0. The number of benzene rings is 5. The Morgan fingerprint density at radius 3 is 1.72 bits per heavy atom. The van der Waals surface area contributed by atoms with E-state index in [0.717, 1.165) is 18.5 Å². The lowest BCUT2D eigenvalue weighted by Crippen LogP contribution is -2.42. The van der Waals surface area contributed by atoms with Crippen molar-refractivity contribution in [3.63, 3.8) is 0 Å². The first kappa shape index (κ1) is 32.0. The largest absolute Gasteiger partial charge is 0.507 e. The van der Waals surface area contributed by atoms with E-state index >= 15 is 0 Å². The van der Waals surface area contributed by atoms with Crippen LogP contribution in [0.2, 0.25) is 0 Å². The van der Waals surface area contributed by atoms with Gasteiger partial charge in [0.1, 0.15) is 22.6 Å². The van der Waals surface area contributed by atoms with Gasteiger partial charge in [-0.05, 0) is 58.6 Å². The van der Waals surface area contributed by atoms with Crippen LogP contribution >= 0.6 is 0 Å². The van der Waals surface area contributed by atoms with Crippen LogP contribution in [0.3, 0.4) is 0 Å². The van der Waals surface area contributed by atoms with E-state index in [-0.39, 0.29) is 35.5 Å². The van der Waals surface area contributed by atoms with Gasteiger partial charge in [-0.1, -0.05) is 85.3 Å². The van der Waals surface area contributed by atoms with Crippen molar-refractivity contribution in [3.05, 3.63) is 119 Å². The van der Waals surface area contributed by atoms with Crippen LogP contribution in [0, 0.1) is 0 Å². The highest BCUT2D eigenvalue weighted by Crippen LogP contribution is 2.38. The van der Waals surface area contributed by atoms with Crippen molar-refractivity contribution < 1.29 is 39.5 Å². The molecule has 1 saturated heterocycles. The van der Waals surface area contributed by atoms with Crippen LogP contribution in [0.4, 0.5) is 0 Å². The van der Waals surface area contributed by atoms with Crippen molar-refractivity contribution in [1.82, 2.24) is 5.32 Å². The number of piperidine rings is 1. The smallest absolute Gasteiger partial charge is 0.339 e. The summed E-state index contributed by atoms with van der Waals surface area (Å²) in [5, 5.41) is 46.2. The van der Waals surface area contributed by atoms with E-state index < -0.39 is 23.4 Å². The quantitative estimate of drug-likeness (QED) is 0.129. The molecule has 2 atom stereocenters. The summed E-state index contributed by atoms with van der Waals surface area (Å²) in [5.41, 5.74) is 1.15. The highest BCUT2D eigenvalue weighted by molar-refractivity contribution is 6.02. The predicted octanol–water partition coefficient (Wildman–Crippen LogP) is 6.48. The van der Waals surface area contributed by atoms with Gasteiger partial charge in [0.05, 0.1) is 13.0 Å². The molecule has 9 nitrogen and oxygen atoms in total. The number of hydrogen-bond donors (Lipinski definition) is 5. The molecule has 5 N–H and O–H groups in total. The maximum Gasteiger partial charge on any atom is 0.339 e. The molecule has 5 aromatic carbocycles. The Kier molecular flexibility index (Phi) is 9.83. The zero-order valence-electron chi connectivity index (χ0n) is 25.3. The molecule has 0 unspecified atom stereocenters. The molecule has 0 aromatic heterocycles. The van der Waals surface area contributed by atoms with Gasteiger partial charge in [-0.2, -0.15) is 0 Å². The summed E-state index contributed by atoms with van der Waals surface area (Å²) >= 11 is 0. The Morgan fingerprint density at radius 2 is 1.26 bits per heavy atom. The number of carbonyl (C=O) groups excluding carboxylic acids is 1. The van der Waals surface area contributed by atoms with Gasteiger partial charge in [-0.25, -0.2) is 9.59 Å². The zero-order chi connectivity index (χ0) is 32.8. The van der Waals surface area contributed by atoms with Crippen LogP contribution in [-0.2, 0) is 16.0 Å². The number of esters is 1. The molecule has 1 fully saturated rings. The van der Waals surface area contributed by atoms with Crippen molar-refractivity contribution in [1.29, 1.82) is 0 Å². The second kappa shape index (κ2) is 14.1. The van der Waals surface area contributed by atoms with Gasteiger partial charge in [0.25, 0.3) is 0 Å². The molecular formula is C37H35NO8. The lowest BCUT2D eigenvalue weighted by atomic mass is 9.86. The minimum Gasteiger partial charge on any atom is -0.507 e. The van der Waals surface area contributed by atoms with Gasteiger partial charge < -0.3 is 30.5 Å². The predicted molar refractivity (Wildman–Crippen MR) is 175 cm³/mol. The summed E-state index contributed by atoms with van der Waals surface area (Å²) in [6.07, 6.45) is 3.37. The van der Waals surface area contributed by atoms with Crippen molar-refractivity contribution in [3.8, 4) is 11.5 Å². The van der Waals surface area contributed by atoms with E-state index in [1.54, 1.807) is 48.5 Å². The number of nitrogens with one attached hydrogen (secondary N) is 1. The molecular weight excluding hydrogens is 586 g/mol. The normalized spacial score (nSPS) is 15.0. The van der Waals surface area contributed by atoms with Crippen LogP contribution in [0.1, 0.15) is 62.6 Å². The monoisotopic (exact) mass is 621 g/mol. The van der Waals surface area contributed by atoms with E-state index in [4.69, 9.17) is 4.74 Å². The van der Waals surface area contributed by atoms with E-state index in [0.29, 0.717) is 32.7 Å². The number of fused-ring (bicyclic) bond motifs is 2. The third kappa shape index (κ3) is 6.64. The summed E-state index contributed by atoms with van der Waals surface area (Å²) in [7, 11) is 1.46.